The fourth-order valence-electron chi connectivity index (χ4n) is 2.32. The van der Waals surface area contributed by atoms with Gasteiger partial charge < -0.3 is 21.1 Å². The Morgan fingerprint density at radius 2 is 2.26 bits per heavy atom. The monoisotopic (exact) mass is 283 g/mol. The Kier molecular flexibility index (Phi) is 4.01. The molecule has 1 aliphatic heterocycles. The third kappa shape index (κ3) is 3.19. The van der Waals surface area contributed by atoms with Crippen LogP contribution in [-0.4, -0.2) is 36.8 Å². The molecular formula is C13H21N3O2S. The molecular weight excluding hydrogens is 262 g/mol. The predicted molar refractivity (Wildman–Crippen MR) is 78.8 cm³/mol. The highest BCUT2D eigenvalue weighted by Crippen LogP contribution is 2.34. The van der Waals surface area contributed by atoms with Crippen LogP contribution in [0.1, 0.15) is 35.9 Å². The first-order valence-corrected chi connectivity index (χ1v) is 7.33. The Balaban J connectivity index is 2.16. The van der Waals surface area contributed by atoms with Crippen LogP contribution in [0.25, 0.3) is 0 Å². The second-order valence-electron chi connectivity index (χ2n) is 5.29. The van der Waals surface area contributed by atoms with Crippen LogP contribution in [0.4, 0.5) is 10.7 Å². The average Bonchev–Trinajstić information content (AvgIpc) is 2.64. The van der Waals surface area contributed by atoms with Crippen molar-refractivity contribution in [1.29, 1.82) is 0 Å². The molecule has 1 unspecified atom stereocenters. The molecule has 1 aliphatic rings. The van der Waals surface area contributed by atoms with Gasteiger partial charge >= 0.3 is 0 Å². The quantitative estimate of drug-likeness (QED) is 0.767. The molecule has 1 atom stereocenters. The van der Waals surface area contributed by atoms with Gasteiger partial charge in [0.2, 0.25) is 0 Å². The number of hydrogen-bond donors (Lipinski definition) is 3. The van der Waals surface area contributed by atoms with E-state index in [4.69, 9.17) is 5.73 Å². The highest BCUT2D eigenvalue weighted by molar-refractivity contribution is 7.18. The molecule has 5 nitrogen and oxygen atoms in total. The van der Waals surface area contributed by atoms with Crippen LogP contribution >= 0.6 is 11.3 Å². The zero-order valence-electron chi connectivity index (χ0n) is 11.4. The fourth-order valence-corrected chi connectivity index (χ4v) is 3.40. The van der Waals surface area contributed by atoms with Gasteiger partial charge in [0.15, 0.2) is 0 Å². The van der Waals surface area contributed by atoms with E-state index in [1.54, 1.807) is 7.05 Å². The molecule has 6 heteroatoms. The minimum absolute atomic E-state index is 0.143. The van der Waals surface area contributed by atoms with Crippen LogP contribution in [0.15, 0.2) is 6.07 Å². The zero-order valence-corrected chi connectivity index (χ0v) is 12.2. The third-order valence-corrected chi connectivity index (χ3v) is 4.77. The van der Waals surface area contributed by atoms with Crippen molar-refractivity contribution in [1.82, 2.24) is 5.32 Å². The lowest BCUT2D eigenvalue weighted by Gasteiger charge is -2.22. The van der Waals surface area contributed by atoms with Gasteiger partial charge in [-0.05, 0) is 32.3 Å². The fraction of sp³-hybridized carbons (Fsp3) is 0.615. The lowest BCUT2D eigenvalue weighted by Crippen LogP contribution is -2.27. The molecule has 2 heterocycles. The number of nitrogen functional groups attached to an aromatic ring is 1. The molecule has 106 valence electrons. The van der Waals surface area contributed by atoms with Crippen molar-refractivity contribution in [3.8, 4) is 0 Å². The lowest BCUT2D eigenvalue weighted by molar-refractivity contribution is 0.0481. The summed E-state index contributed by atoms with van der Waals surface area (Å²) in [6.45, 7) is 3.57. The summed E-state index contributed by atoms with van der Waals surface area (Å²) in [4.78, 5) is 14.4. The summed E-state index contributed by atoms with van der Waals surface area (Å²) in [6, 6.07) is 1.86. The van der Waals surface area contributed by atoms with Gasteiger partial charge in [-0.15, -0.1) is 11.3 Å². The molecule has 0 aromatic carbocycles. The number of rotatable bonds is 2. The SMILES string of the molecule is CNC(=O)c1sc(N2CCCC(C)(O)CC2)cc1N. The standard InChI is InChI=1S/C13H21N3O2S/c1-13(18)4-3-6-16(7-5-13)10-8-9(14)11(19-10)12(17)15-2/h8,18H,3-7,14H2,1-2H3,(H,15,17). The van der Waals surface area contributed by atoms with Crippen molar-refractivity contribution in [2.75, 3.05) is 30.8 Å². The Labute approximate surface area is 117 Å². The van der Waals surface area contributed by atoms with Crippen molar-refractivity contribution in [3.63, 3.8) is 0 Å². The third-order valence-electron chi connectivity index (χ3n) is 3.56. The number of hydrogen-bond acceptors (Lipinski definition) is 5. The smallest absolute Gasteiger partial charge is 0.263 e. The van der Waals surface area contributed by atoms with E-state index in [0.717, 1.165) is 37.4 Å². The summed E-state index contributed by atoms with van der Waals surface area (Å²) in [5, 5.41) is 13.7. The van der Waals surface area contributed by atoms with Gasteiger partial charge in [-0.1, -0.05) is 0 Å². The molecule has 0 bridgehead atoms. The van der Waals surface area contributed by atoms with Crippen LogP contribution in [0.5, 0.6) is 0 Å². The van der Waals surface area contributed by atoms with Gasteiger partial charge in [0.25, 0.3) is 5.91 Å². The highest BCUT2D eigenvalue weighted by Gasteiger charge is 2.26. The maximum atomic E-state index is 11.7. The highest BCUT2D eigenvalue weighted by atomic mass is 32.1. The van der Waals surface area contributed by atoms with E-state index in [2.05, 4.69) is 10.2 Å². The van der Waals surface area contributed by atoms with E-state index in [0.29, 0.717) is 10.6 Å². The van der Waals surface area contributed by atoms with E-state index in [1.165, 1.54) is 11.3 Å². The predicted octanol–water partition coefficient (Wildman–Crippen LogP) is 1.43. The number of nitrogens with one attached hydrogen (secondary N) is 1. The first-order chi connectivity index (χ1) is 8.93. The van der Waals surface area contributed by atoms with Gasteiger partial charge in [0.05, 0.1) is 16.3 Å². The normalized spacial score (nSPS) is 24.1. The van der Waals surface area contributed by atoms with Gasteiger partial charge in [-0.3, -0.25) is 4.79 Å². The number of anilines is 2. The van der Waals surface area contributed by atoms with E-state index < -0.39 is 5.60 Å². The number of nitrogens with zero attached hydrogens (tertiary/aromatic N) is 1. The number of amides is 1. The van der Waals surface area contributed by atoms with E-state index in [9.17, 15) is 9.90 Å². The van der Waals surface area contributed by atoms with Crippen LogP contribution in [-0.2, 0) is 0 Å². The Morgan fingerprint density at radius 1 is 1.53 bits per heavy atom. The van der Waals surface area contributed by atoms with Crippen molar-refractivity contribution in [2.45, 2.75) is 31.8 Å². The summed E-state index contributed by atoms with van der Waals surface area (Å²) >= 11 is 1.42. The molecule has 0 aliphatic carbocycles. The van der Waals surface area contributed by atoms with Crippen molar-refractivity contribution in [2.24, 2.45) is 0 Å². The maximum Gasteiger partial charge on any atom is 0.263 e. The number of carbonyl (C=O) groups is 1. The van der Waals surface area contributed by atoms with Gasteiger partial charge in [-0.25, -0.2) is 0 Å². The lowest BCUT2D eigenvalue weighted by atomic mass is 9.98. The van der Waals surface area contributed by atoms with Crippen molar-refractivity contribution < 1.29 is 9.90 Å². The van der Waals surface area contributed by atoms with Crippen molar-refractivity contribution >= 4 is 27.9 Å². The van der Waals surface area contributed by atoms with E-state index in [1.807, 2.05) is 13.0 Å². The second kappa shape index (κ2) is 5.38. The van der Waals surface area contributed by atoms with Crippen LogP contribution in [0, 0.1) is 0 Å². The number of carbonyl (C=O) groups excluding carboxylic acids is 1. The van der Waals surface area contributed by atoms with Crippen molar-refractivity contribution in [3.05, 3.63) is 10.9 Å². The Hall–Kier alpha value is -1.27. The first kappa shape index (κ1) is 14.1. The molecule has 1 fully saturated rings. The molecule has 1 aromatic rings. The maximum absolute atomic E-state index is 11.7. The summed E-state index contributed by atoms with van der Waals surface area (Å²) in [7, 11) is 1.60. The minimum atomic E-state index is -0.582. The molecule has 0 radical (unpaired) electrons. The van der Waals surface area contributed by atoms with E-state index in [-0.39, 0.29) is 5.91 Å². The molecule has 1 saturated heterocycles. The largest absolute Gasteiger partial charge is 0.397 e. The van der Waals surface area contributed by atoms with Crippen LogP contribution in [0.2, 0.25) is 0 Å². The topological polar surface area (TPSA) is 78.6 Å². The second-order valence-corrected chi connectivity index (χ2v) is 6.32. The summed E-state index contributed by atoms with van der Waals surface area (Å²) in [6.07, 6.45) is 2.49. The molecule has 19 heavy (non-hydrogen) atoms. The number of nitrogens with two attached hydrogens (primary N) is 1. The number of thiophene rings is 1. The van der Waals surface area contributed by atoms with Crippen LogP contribution < -0.4 is 16.0 Å². The Bertz CT molecular complexity index is 470. The van der Waals surface area contributed by atoms with Crippen LogP contribution in [0.3, 0.4) is 0 Å². The zero-order chi connectivity index (χ0) is 14.0. The molecule has 0 saturated carbocycles. The molecule has 4 N–H and O–H groups in total. The summed E-state index contributed by atoms with van der Waals surface area (Å²) in [5.41, 5.74) is 5.83. The summed E-state index contributed by atoms with van der Waals surface area (Å²) < 4.78 is 0. The molecule has 1 aromatic heterocycles. The van der Waals surface area contributed by atoms with Gasteiger partial charge in [0.1, 0.15) is 4.88 Å². The molecule has 2 rings (SSSR count). The summed E-state index contributed by atoms with van der Waals surface area (Å²) in [5.74, 6) is -0.143. The Morgan fingerprint density at radius 3 is 2.95 bits per heavy atom. The average molecular weight is 283 g/mol. The first-order valence-electron chi connectivity index (χ1n) is 6.52. The molecule has 1 amide bonds. The minimum Gasteiger partial charge on any atom is -0.397 e. The number of aliphatic hydroxyl groups is 1. The van der Waals surface area contributed by atoms with Gasteiger partial charge in [0, 0.05) is 20.1 Å². The molecule has 0 spiro atoms. The van der Waals surface area contributed by atoms with Gasteiger partial charge in [-0.2, -0.15) is 0 Å². The van der Waals surface area contributed by atoms with E-state index >= 15 is 0 Å².